The standard InChI is InChI=1S/C22H25NO7/c1-13(24)23-18-19(25)20-17(12-27-21(30-20)14-8-4-3-5-9-14)29-22(18)28-16-11-7-6-10-15(16)26-2/h3-11,17-22,25H,12H2,1-2H3,(H,23,24)/t17-,18-,19-,20+,21+,22-/m1/s1. The van der Waals surface area contributed by atoms with Gasteiger partial charge in [0.25, 0.3) is 0 Å². The summed E-state index contributed by atoms with van der Waals surface area (Å²) < 4.78 is 29.2. The first kappa shape index (κ1) is 20.6. The van der Waals surface area contributed by atoms with Crippen molar-refractivity contribution >= 4 is 5.91 Å². The van der Waals surface area contributed by atoms with Crippen LogP contribution in [0.1, 0.15) is 18.8 Å². The quantitative estimate of drug-likeness (QED) is 0.769. The Morgan fingerprint density at radius 2 is 1.77 bits per heavy atom. The van der Waals surface area contributed by atoms with E-state index in [9.17, 15) is 9.90 Å². The second-order valence-corrected chi connectivity index (χ2v) is 7.21. The van der Waals surface area contributed by atoms with Crippen LogP contribution >= 0.6 is 0 Å². The molecule has 0 aliphatic carbocycles. The van der Waals surface area contributed by atoms with Crippen molar-refractivity contribution in [3.05, 3.63) is 60.2 Å². The Labute approximate surface area is 174 Å². The average Bonchev–Trinajstić information content (AvgIpc) is 2.77. The molecule has 8 nitrogen and oxygen atoms in total. The minimum atomic E-state index is -1.07. The minimum absolute atomic E-state index is 0.208. The van der Waals surface area contributed by atoms with Gasteiger partial charge in [-0.1, -0.05) is 42.5 Å². The molecule has 0 radical (unpaired) electrons. The lowest BCUT2D eigenvalue weighted by atomic mass is 9.95. The van der Waals surface area contributed by atoms with Gasteiger partial charge in [-0.25, -0.2) is 0 Å². The fourth-order valence-electron chi connectivity index (χ4n) is 3.70. The van der Waals surface area contributed by atoms with Gasteiger partial charge in [0.1, 0.15) is 24.4 Å². The molecule has 30 heavy (non-hydrogen) atoms. The highest BCUT2D eigenvalue weighted by molar-refractivity contribution is 5.73. The molecule has 2 saturated heterocycles. The van der Waals surface area contributed by atoms with Gasteiger partial charge in [-0.2, -0.15) is 0 Å². The van der Waals surface area contributed by atoms with E-state index in [1.54, 1.807) is 18.2 Å². The fraction of sp³-hybridized carbons (Fsp3) is 0.409. The van der Waals surface area contributed by atoms with Gasteiger partial charge >= 0.3 is 0 Å². The molecule has 0 aromatic heterocycles. The predicted molar refractivity (Wildman–Crippen MR) is 106 cm³/mol. The van der Waals surface area contributed by atoms with Gasteiger partial charge in [0.2, 0.25) is 12.2 Å². The topological polar surface area (TPSA) is 95.5 Å². The Kier molecular flexibility index (Phi) is 6.19. The number of benzene rings is 2. The highest BCUT2D eigenvalue weighted by Crippen LogP contribution is 2.36. The van der Waals surface area contributed by atoms with E-state index in [1.807, 2.05) is 36.4 Å². The van der Waals surface area contributed by atoms with E-state index in [2.05, 4.69) is 5.32 Å². The number of amides is 1. The summed E-state index contributed by atoms with van der Waals surface area (Å²) in [5.74, 6) is 0.631. The summed E-state index contributed by atoms with van der Waals surface area (Å²) in [6.07, 6.45) is -3.91. The molecule has 2 aromatic carbocycles. The van der Waals surface area contributed by atoms with Gasteiger partial charge in [0.05, 0.1) is 13.7 Å². The molecule has 4 rings (SSSR count). The molecule has 6 atom stereocenters. The van der Waals surface area contributed by atoms with Crippen LogP contribution in [0.25, 0.3) is 0 Å². The van der Waals surface area contributed by atoms with Gasteiger partial charge < -0.3 is 34.1 Å². The highest BCUT2D eigenvalue weighted by Gasteiger charge is 2.50. The number of ether oxygens (including phenoxy) is 5. The smallest absolute Gasteiger partial charge is 0.223 e. The Morgan fingerprint density at radius 3 is 2.47 bits per heavy atom. The van der Waals surface area contributed by atoms with E-state index in [0.717, 1.165) is 5.56 Å². The van der Waals surface area contributed by atoms with Crippen LogP contribution in [-0.2, 0) is 19.0 Å². The van der Waals surface area contributed by atoms with Gasteiger partial charge in [0.15, 0.2) is 17.8 Å². The van der Waals surface area contributed by atoms with Gasteiger partial charge in [0, 0.05) is 12.5 Å². The molecule has 1 amide bonds. The number of fused-ring (bicyclic) bond motifs is 1. The van der Waals surface area contributed by atoms with Crippen molar-refractivity contribution in [1.82, 2.24) is 5.32 Å². The highest BCUT2D eigenvalue weighted by atomic mass is 16.7. The van der Waals surface area contributed by atoms with Crippen LogP contribution in [0.15, 0.2) is 54.6 Å². The van der Waals surface area contributed by atoms with Crippen LogP contribution in [-0.4, -0.2) is 55.4 Å². The number of carbonyl (C=O) groups excluding carboxylic acids is 1. The second-order valence-electron chi connectivity index (χ2n) is 7.21. The van der Waals surface area contributed by atoms with E-state index < -0.39 is 36.9 Å². The Bertz CT molecular complexity index is 862. The molecule has 2 N–H and O–H groups in total. The lowest BCUT2D eigenvalue weighted by Crippen LogP contribution is -2.67. The summed E-state index contributed by atoms with van der Waals surface area (Å²) in [5, 5.41) is 13.8. The molecular weight excluding hydrogens is 390 g/mol. The third kappa shape index (κ3) is 4.27. The molecule has 2 aliphatic rings. The molecule has 8 heteroatoms. The lowest BCUT2D eigenvalue weighted by molar-refractivity contribution is -0.333. The molecule has 0 unspecified atom stereocenters. The minimum Gasteiger partial charge on any atom is -0.493 e. The summed E-state index contributed by atoms with van der Waals surface area (Å²) in [5.41, 5.74) is 0.839. The van der Waals surface area contributed by atoms with Crippen LogP contribution in [0.2, 0.25) is 0 Å². The van der Waals surface area contributed by atoms with Crippen molar-refractivity contribution in [2.75, 3.05) is 13.7 Å². The van der Waals surface area contributed by atoms with Gasteiger partial charge in [-0.05, 0) is 12.1 Å². The number of carbonyl (C=O) groups is 1. The summed E-state index contributed by atoms with van der Waals surface area (Å²) >= 11 is 0. The number of aliphatic hydroxyl groups is 1. The van der Waals surface area contributed by atoms with Crippen molar-refractivity contribution in [3.8, 4) is 11.5 Å². The molecule has 2 aromatic rings. The average molecular weight is 415 g/mol. The molecule has 0 saturated carbocycles. The Balaban J connectivity index is 1.55. The normalized spacial score (nSPS) is 30.8. The summed E-state index contributed by atoms with van der Waals surface area (Å²) in [4.78, 5) is 11.8. The van der Waals surface area contributed by atoms with Crippen molar-refractivity contribution in [3.63, 3.8) is 0 Å². The first-order chi connectivity index (χ1) is 14.6. The number of nitrogens with one attached hydrogen (secondary N) is 1. The zero-order valence-electron chi connectivity index (χ0n) is 16.8. The van der Waals surface area contributed by atoms with Crippen molar-refractivity contribution in [2.45, 2.75) is 43.9 Å². The first-order valence-electron chi connectivity index (χ1n) is 9.79. The molecular formula is C22H25NO7. The number of para-hydroxylation sites is 2. The molecule has 0 bridgehead atoms. The van der Waals surface area contributed by atoms with Crippen LogP contribution in [0.5, 0.6) is 11.5 Å². The molecule has 160 valence electrons. The first-order valence-corrected chi connectivity index (χ1v) is 9.79. The SMILES string of the molecule is COc1ccccc1O[C@@H]1O[C@@H]2CO[C@H](c3ccccc3)O[C@@H]2[C@H](O)[C@H]1NC(C)=O. The number of aliphatic hydroxyl groups excluding tert-OH is 1. The lowest BCUT2D eigenvalue weighted by Gasteiger charge is -2.47. The van der Waals surface area contributed by atoms with Gasteiger partial charge in [-0.3, -0.25) is 4.79 Å². The Hall–Kier alpha value is -2.65. The molecule has 0 spiro atoms. The maximum atomic E-state index is 11.8. The fourth-order valence-corrected chi connectivity index (χ4v) is 3.70. The van der Waals surface area contributed by atoms with Crippen molar-refractivity contribution < 1.29 is 33.6 Å². The number of rotatable bonds is 5. The number of hydrogen-bond acceptors (Lipinski definition) is 7. The number of hydrogen-bond donors (Lipinski definition) is 2. The van der Waals surface area contributed by atoms with E-state index in [1.165, 1.54) is 14.0 Å². The molecule has 2 aliphatic heterocycles. The van der Waals surface area contributed by atoms with Crippen LogP contribution in [0.4, 0.5) is 0 Å². The van der Waals surface area contributed by atoms with E-state index in [4.69, 9.17) is 23.7 Å². The zero-order valence-corrected chi connectivity index (χ0v) is 16.8. The van der Waals surface area contributed by atoms with Crippen LogP contribution < -0.4 is 14.8 Å². The summed E-state index contributed by atoms with van der Waals surface area (Å²) in [6.45, 7) is 1.58. The summed E-state index contributed by atoms with van der Waals surface area (Å²) in [6, 6.07) is 15.7. The summed E-state index contributed by atoms with van der Waals surface area (Å²) in [7, 11) is 1.53. The predicted octanol–water partition coefficient (Wildman–Crippen LogP) is 1.78. The van der Waals surface area contributed by atoms with E-state index in [0.29, 0.717) is 11.5 Å². The Morgan fingerprint density at radius 1 is 1.07 bits per heavy atom. The van der Waals surface area contributed by atoms with Crippen LogP contribution in [0, 0.1) is 0 Å². The maximum Gasteiger partial charge on any atom is 0.223 e. The second kappa shape index (κ2) is 9.01. The van der Waals surface area contributed by atoms with Gasteiger partial charge in [-0.15, -0.1) is 0 Å². The third-order valence-corrected chi connectivity index (χ3v) is 5.12. The maximum absolute atomic E-state index is 11.8. The largest absolute Gasteiger partial charge is 0.493 e. The molecule has 2 heterocycles. The van der Waals surface area contributed by atoms with E-state index in [-0.39, 0.29) is 12.5 Å². The third-order valence-electron chi connectivity index (χ3n) is 5.12. The van der Waals surface area contributed by atoms with Crippen molar-refractivity contribution in [1.29, 1.82) is 0 Å². The zero-order chi connectivity index (χ0) is 21.1. The number of methoxy groups -OCH3 is 1. The van der Waals surface area contributed by atoms with E-state index >= 15 is 0 Å². The van der Waals surface area contributed by atoms with Crippen LogP contribution in [0.3, 0.4) is 0 Å². The molecule has 2 fully saturated rings. The van der Waals surface area contributed by atoms with Crippen molar-refractivity contribution in [2.24, 2.45) is 0 Å². The monoisotopic (exact) mass is 415 g/mol.